The van der Waals surface area contributed by atoms with Crippen molar-refractivity contribution in [2.45, 2.75) is 32.6 Å². The van der Waals surface area contributed by atoms with Crippen LogP contribution in [0.1, 0.15) is 47.9 Å². The lowest BCUT2D eigenvalue weighted by Gasteiger charge is -2.56. The first-order chi connectivity index (χ1) is 7.50. The Morgan fingerprint density at radius 3 is 2.88 bits per heavy atom. The van der Waals surface area contributed by atoms with Gasteiger partial charge in [-0.05, 0) is 35.8 Å². The largest absolute Gasteiger partial charge is 0.477 e. The van der Waals surface area contributed by atoms with Crippen LogP contribution in [0.4, 0.5) is 0 Å². The fourth-order valence-corrected chi connectivity index (χ4v) is 3.19. The molecule has 0 radical (unpaired) electrons. The zero-order valence-electron chi connectivity index (χ0n) is 9.53. The first-order valence-corrected chi connectivity index (χ1v) is 5.73. The van der Waals surface area contributed by atoms with E-state index in [0.717, 1.165) is 18.0 Å². The number of aromatic nitrogens is 1. The third-order valence-corrected chi connectivity index (χ3v) is 4.50. The molecule has 2 bridgehead atoms. The molecule has 1 saturated carbocycles. The van der Waals surface area contributed by atoms with Crippen LogP contribution in [0.5, 0.6) is 0 Å². The third-order valence-electron chi connectivity index (χ3n) is 4.50. The van der Waals surface area contributed by atoms with E-state index in [1.165, 1.54) is 12.0 Å². The standard InChI is InChI=1S/C13H15NO2/c1-13(2)8-5-7-3-4-10(12(15)16)14-11(7)9(13)6-8/h3-4,8-9H,5-6H2,1-2H3,(H,15,16)/t8-,9-/m0/s1. The van der Waals surface area contributed by atoms with Gasteiger partial charge in [0.15, 0.2) is 0 Å². The Labute approximate surface area is 94.5 Å². The number of carbonyl (C=O) groups is 1. The van der Waals surface area contributed by atoms with Gasteiger partial charge in [-0.2, -0.15) is 0 Å². The van der Waals surface area contributed by atoms with Crippen molar-refractivity contribution in [1.82, 2.24) is 4.98 Å². The van der Waals surface area contributed by atoms with Crippen LogP contribution < -0.4 is 0 Å². The van der Waals surface area contributed by atoms with Gasteiger partial charge in [-0.15, -0.1) is 0 Å². The first-order valence-electron chi connectivity index (χ1n) is 5.73. The summed E-state index contributed by atoms with van der Waals surface area (Å²) in [6, 6.07) is 3.57. The molecule has 1 aromatic heterocycles. The molecule has 3 aliphatic rings. The molecule has 3 aliphatic carbocycles. The van der Waals surface area contributed by atoms with Crippen molar-refractivity contribution in [3.05, 3.63) is 29.1 Å². The topological polar surface area (TPSA) is 50.2 Å². The van der Waals surface area contributed by atoms with E-state index in [1.54, 1.807) is 6.07 Å². The van der Waals surface area contributed by atoms with Crippen molar-refractivity contribution < 1.29 is 9.90 Å². The minimum atomic E-state index is -0.929. The first kappa shape index (κ1) is 9.82. The molecule has 3 heteroatoms. The molecule has 0 aliphatic heterocycles. The Hall–Kier alpha value is -1.38. The van der Waals surface area contributed by atoms with Gasteiger partial charge in [-0.3, -0.25) is 0 Å². The van der Waals surface area contributed by atoms with Gasteiger partial charge in [0.2, 0.25) is 0 Å². The molecule has 0 spiro atoms. The van der Waals surface area contributed by atoms with Crippen LogP contribution in [-0.2, 0) is 6.42 Å². The number of carboxylic acid groups (broad SMARTS) is 1. The lowest BCUT2D eigenvalue weighted by atomic mass is 9.48. The maximum absolute atomic E-state index is 10.9. The normalized spacial score (nSPS) is 29.1. The van der Waals surface area contributed by atoms with E-state index >= 15 is 0 Å². The maximum atomic E-state index is 10.9. The van der Waals surface area contributed by atoms with E-state index in [1.807, 2.05) is 6.07 Å². The molecule has 0 aromatic carbocycles. The van der Waals surface area contributed by atoms with E-state index in [4.69, 9.17) is 5.11 Å². The smallest absolute Gasteiger partial charge is 0.354 e. The third kappa shape index (κ3) is 1.09. The highest BCUT2D eigenvalue weighted by molar-refractivity contribution is 5.85. The monoisotopic (exact) mass is 217 g/mol. The van der Waals surface area contributed by atoms with Gasteiger partial charge in [0.05, 0.1) is 0 Å². The molecule has 0 unspecified atom stereocenters. The number of aromatic carboxylic acids is 1. The number of carboxylic acids is 1. The second kappa shape index (κ2) is 2.84. The van der Waals surface area contributed by atoms with Crippen LogP contribution in [0.25, 0.3) is 0 Å². The average Bonchev–Trinajstić information content (AvgIpc) is 2.27. The lowest BCUT2D eigenvalue weighted by Crippen LogP contribution is -2.48. The van der Waals surface area contributed by atoms with Crippen LogP contribution in [0.3, 0.4) is 0 Å². The molecule has 2 atom stereocenters. The van der Waals surface area contributed by atoms with Crippen molar-refractivity contribution in [2.24, 2.45) is 11.3 Å². The Bertz CT molecular complexity index is 479. The van der Waals surface area contributed by atoms with E-state index in [0.29, 0.717) is 11.3 Å². The zero-order valence-corrected chi connectivity index (χ0v) is 9.53. The SMILES string of the molecule is CC1(C)[C@H]2Cc3ccc(C(=O)O)nc3[C@@H]1C2. The highest BCUT2D eigenvalue weighted by atomic mass is 16.4. The van der Waals surface area contributed by atoms with Crippen LogP contribution in [0.2, 0.25) is 0 Å². The summed E-state index contributed by atoms with van der Waals surface area (Å²) in [6.45, 7) is 4.54. The fraction of sp³-hybridized carbons (Fsp3) is 0.538. The Morgan fingerprint density at radius 1 is 1.50 bits per heavy atom. The van der Waals surface area contributed by atoms with Gasteiger partial charge in [0, 0.05) is 11.6 Å². The minimum absolute atomic E-state index is 0.180. The fourth-order valence-electron chi connectivity index (χ4n) is 3.19. The van der Waals surface area contributed by atoms with E-state index in [2.05, 4.69) is 18.8 Å². The summed E-state index contributed by atoms with van der Waals surface area (Å²) in [5, 5.41) is 8.95. The van der Waals surface area contributed by atoms with Crippen LogP contribution in [0.15, 0.2) is 12.1 Å². The minimum Gasteiger partial charge on any atom is -0.477 e. The molecular weight excluding hydrogens is 202 g/mol. The zero-order chi connectivity index (χ0) is 11.5. The van der Waals surface area contributed by atoms with Crippen molar-refractivity contribution >= 4 is 5.97 Å². The molecule has 16 heavy (non-hydrogen) atoms. The van der Waals surface area contributed by atoms with E-state index in [9.17, 15) is 4.79 Å². The van der Waals surface area contributed by atoms with Crippen LogP contribution in [-0.4, -0.2) is 16.1 Å². The molecule has 84 valence electrons. The Kier molecular flexibility index (Phi) is 1.74. The van der Waals surface area contributed by atoms with Gasteiger partial charge < -0.3 is 5.11 Å². The van der Waals surface area contributed by atoms with Crippen LogP contribution >= 0.6 is 0 Å². The quantitative estimate of drug-likeness (QED) is 0.786. The second-order valence-electron chi connectivity index (χ2n) is 5.56. The summed E-state index contributed by atoms with van der Waals surface area (Å²) in [7, 11) is 0. The molecule has 1 N–H and O–H groups in total. The van der Waals surface area contributed by atoms with Gasteiger partial charge in [-0.1, -0.05) is 19.9 Å². The highest BCUT2D eigenvalue weighted by Gasteiger charge is 2.53. The number of hydrogen-bond donors (Lipinski definition) is 1. The summed E-state index contributed by atoms with van der Waals surface area (Å²) in [4.78, 5) is 15.2. The highest BCUT2D eigenvalue weighted by Crippen LogP contribution is 2.61. The van der Waals surface area contributed by atoms with Gasteiger partial charge >= 0.3 is 5.97 Å². The van der Waals surface area contributed by atoms with Crippen LogP contribution in [0, 0.1) is 11.3 Å². The van der Waals surface area contributed by atoms with Crippen molar-refractivity contribution in [3.63, 3.8) is 0 Å². The summed E-state index contributed by atoms with van der Waals surface area (Å²) >= 11 is 0. The predicted octanol–water partition coefficient (Wildman–Crippen LogP) is 2.47. The molecule has 1 heterocycles. The Morgan fingerprint density at radius 2 is 2.25 bits per heavy atom. The van der Waals surface area contributed by atoms with Crippen molar-refractivity contribution in [1.29, 1.82) is 0 Å². The lowest BCUT2D eigenvalue weighted by molar-refractivity contribution is 0.0152. The van der Waals surface area contributed by atoms with Gasteiger partial charge in [0.25, 0.3) is 0 Å². The van der Waals surface area contributed by atoms with Gasteiger partial charge in [0.1, 0.15) is 5.69 Å². The molecular formula is C13H15NO2. The number of pyridine rings is 1. The molecule has 1 fully saturated rings. The summed E-state index contributed by atoms with van der Waals surface area (Å²) in [5.41, 5.74) is 2.77. The number of rotatable bonds is 1. The predicted molar refractivity (Wildman–Crippen MR) is 59.5 cm³/mol. The van der Waals surface area contributed by atoms with Gasteiger partial charge in [-0.25, -0.2) is 9.78 Å². The van der Waals surface area contributed by atoms with Crippen molar-refractivity contribution in [2.75, 3.05) is 0 Å². The molecule has 0 amide bonds. The summed E-state index contributed by atoms with van der Waals surface area (Å²) in [6.07, 6.45) is 2.24. The summed E-state index contributed by atoms with van der Waals surface area (Å²) < 4.78 is 0. The summed E-state index contributed by atoms with van der Waals surface area (Å²) in [5.74, 6) is 0.282. The Balaban J connectivity index is 2.09. The molecule has 1 aromatic rings. The average molecular weight is 217 g/mol. The molecule has 4 rings (SSSR count). The molecule has 3 nitrogen and oxygen atoms in total. The van der Waals surface area contributed by atoms with Crippen molar-refractivity contribution in [3.8, 4) is 0 Å². The molecule has 0 saturated heterocycles. The number of nitrogens with zero attached hydrogens (tertiary/aromatic N) is 1. The van der Waals surface area contributed by atoms with E-state index < -0.39 is 5.97 Å². The maximum Gasteiger partial charge on any atom is 0.354 e. The van der Waals surface area contributed by atoms with E-state index in [-0.39, 0.29) is 5.69 Å². The second-order valence-corrected chi connectivity index (χ2v) is 5.56. The number of hydrogen-bond acceptors (Lipinski definition) is 2.